The minimum absolute atomic E-state index is 0.543. The maximum Gasteiger partial charge on any atom is 0.0337 e. The highest BCUT2D eigenvalue weighted by Crippen LogP contribution is 2.58. The Labute approximate surface area is 80.2 Å². The molecule has 0 radical (unpaired) electrons. The minimum atomic E-state index is 0.543. The second kappa shape index (κ2) is 2.76. The number of rotatable bonds is 2. The zero-order chi connectivity index (χ0) is 9.47. The lowest BCUT2D eigenvalue weighted by Gasteiger charge is -2.05. The third kappa shape index (κ3) is 1.55. The summed E-state index contributed by atoms with van der Waals surface area (Å²) in [6.07, 6.45) is 1.34. The Morgan fingerprint density at radius 2 is 1.77 bits per heavy atom. The van der Waals surface area contributed by atoms with Crippen LogP contribution in [-0.2, 0) is 0 Å². The molecular weight excluding hydrogens is 158 g/mol. The van der Waals surface area contributed by atoms with Crippen LogP contribution in [0.3, 0.4) is 0 Å². The highest BCUT2D eigenvalue weighted by Gasteiger charge is 2.46. The molecule has 1 fully saturated rings. The first-order chi connectivity index (χ1) is 6.13. The number of hydrogen-bond acceptors (Lipinski definition) is 1. The molecule has 70 valence electrons. The van der Waals surface area contributed by atoms with Gasteiger partial charge in [-0.15, -0.1) is 0 Å². The Morgan fingerprint density at radius 3 is 2.15 bits per heavy atom. The molecule has 0 heterocycles. The summed E-state index contributed by atoms with van der Waals surface area (Å²) in [6, 6.07) is 8.80. The molecule has 1 heteroatoms. The third-order valence-electron chi connectivity index (χ3n) is 3.12. The second-order valence-electron chi connectivity index (χ2n) is 4.62. The minimum Gasteiger partial charge on any atom is -0.388 e. The molecule has 1 aromatic rings. The van der Waals surface area contributed by atoms with Gasteiger partial charge in [-0.3, -0.25) is 0 Å². The number of nitrogens with one attached hydrogen (secondary N) is 1. The van der Waals surface area contributed by atoms with Crippen molar-refractivity contribution in [3.8, 4) is 0 Å². The topological polar surface area (TPSA) is 12.0 Å². The van der Waals surface area contributed by atoms with Crippen molar-refractivity contribution in [1.82, 2.24) is 0 Å². The van der Waals surface area contributed by atoms with Crippen LogP contribution in [0, 0.1) is 5.41 Å². The van der Waals surface area contributed by atoms with Crippen LogP contribution in [0.15, 0.2) is 24.3 Å². The molecule has 0 spiro atoms. The Kier molecular flexibility index (Phi) is 1.83. The molecule has 0 aliphatic heterocycles. The van der Waals surface area contributed by atoms with Crippen molar-refractivity contribution in [3.05, 3.63) is 29.8 Å². The van der Waals surface area contributed by atoms with E-state index in [1.165, 1.54) is 17.7 Å². The van der Waals surface area contributed by atoms with Gasteiger partial charge in [0.25, 0.3) is 0 Å². The van der Waals surface area contributed by atoms with Gasteiger partial charge in [0, 0.05) is 12.7 Å². The molecule has 1 nitrogen and oxygen atoms in total. The van der Waals surface area contributed by atoms with Gasteiger partial charge in [0.15, 0.2) is 0 Å². The van der Waals surface area contributed by atoms with E-state index in [1.54, 1.807) is 0 Å². The van der Waals surface area contributed by atoms with E-state index in [4.69, 9.17) is 0 Å². The first-order valence-corrected chi connectivity index (χ1v) is 4.91. The van der Waals surface area contributed by atoms with Crippen LogP contribution in [0.1, 0.15) is 31.7 Å². The molecular formula is C12H17N. The molecule has 13 heavy (non-hydrogen) atoms. The summed E-state index contributed by atoms with van der Waals surface area (Å²) in [4.78, 5) is 0. The predicted molar refractivity (Wildman–Crippen MR) is 57.1 cm³/mol. The summed E-state index contributed by atoms with van der Waals surface area (Å²) < 4.78 is 0. The van der Waals surface area contributed by atoms with Crippen molar-refractivity contribution in [2.45, 2.75) is 26.2 Å². The van der Waals surface area contributed by atoms with Crippen molar-refractivity contribution in [2.24, 2.45) is 5.41 Å². The highest BCUT2D eigenvalue weighted by atomic mass is 14.8. The standard InChI is InChI=1S/C12H17N/c1-12(2)8-11(12)9-4-6-10(13-3)7-5-9/h4-7,11,13H,8H2,1-3H3. The molecule has 1 aliphatic carbocycles. The van der Waals surface area contributed by atoms with Crippen molar-refractivity contribution >= 4 is 5.69 Å². The monoisotopic (exact) mass is 175 g/mol. The summed E-state index contributed by atoms with van der Waals surface area (Å²) in [5.41, 5.74) is 3.23. The fourth-order valence-electron chi connectivity index (χ4n) is 1.92. The lowest BCUT2D eigenvalue weighted by Crippen LogP contribution is -1.91. The molecule has 1 aliphatic rings. The lowest BCUT2D eigenvalue weighted by molar-refractivity contribution is 0.622. The van der Waals surface area contributed by atoms with Crippen molar-refractivity contribution < 1.29 is 0 Å². The average Bonchev–Trinajstić information content (AvgIpc) is 2.76. The first-order valence-electron chi connectivity index (χ1n) is 4.91. The summed E-state index contributed by atoms with van der Waals surface area (Å²) in [5, 5.41) is 3.13. The number of benzene rings is 1. The average molecular weight is 175 g/mol. The van der Waals surface area contributed by atoms with Gasteiger partial charge in [-0.1, -0.05) is 26.0 Å². The van der Waals surface area contributed by atoms with Crippen LogP contribution in [-0.4, -0.2) is 7.05 Å². The van der Waals surface area contributed by atoms with Gasteiger partial charge in [-0.25, -0.2) is 0 Å². The summed E-state index contributed by atoms with van der Waals surface area (Å²) in [5.74, 6) is 0.790. The fraction of sp³-hybridized carbons (Fsp3) is 0.500. The molecule has 1 saturated carbocycles. The maximum absolute atomic E-state index is 3.13. The second-order valence-corrected chi connectivity index (χ2v) is 4.62. The van der Waals surface area contributed by atoms with E-state index in [2.05, 4.69) is 43.4 Å². The summed E-state index contributed by atoms with van der Waals surface area (Å²) in [7, 11) is 1.95. The Balaban J connectivity index is 2.16. The Morgan fingerprint density at radius 1 is 1.23 bits per heavy atom. The fourth-order valence-corrected chi connectivity index (χ4v) is 1.92. The van der Waals surface area contributed by atoms with Crippen molar-refractivity contribution in [1.29, 1.82) is 0 Å². The van der Waals surface area contributed by atoms with Gasteiger partial charge < -0.3 is 5.32 Å². The van der Waals surface area contributed by atoms with Crippen molar-refractivity contribution in [2.75, 3.05) is 12.4 Å². The molecule has 1 unspecified atom stereocenters. The Bertz CT molecular complexity index is 297. The van der Waals surface area contributed by atoms with Crippen LogP contribution in [0.4, 0.5) is 5.69 Å². The molecule has 1 N–H and O–H groups in total. The molecule has 1 atom stereocenters. The van der Waals surface area contributed by atoms with E-state index in [-0.39, 0.29) is 0 Å². The van der Waals surface area contributed by atoms with Crippen LogP contribution >= 0.6 is 0 Å². The molecule has 1 aromatic carbocycles. The molecule has 0 aromatic heterocycles. The zero-order valence-corrected chi connectivity index (χ0v) is 8.59. The molecule has 0 saturated heterocycles. The smallest absolute Gasteiger partial charge is 0.0337 e. The van der Waals surface area contributed by atoms with Crippen LogP contribution in [0.2, 0.25) is 0 Å². The predicted octanol–water partition coefficient (Wildman–Crippen LogP) is 3.24. The van der Waals surface area contributed by atoms with Crippen LogP contribution < -0.4 is 5.32 Å². The molecule has 0 amide bonds. The highest BCUT2D eigenvalue weighted by molar-refractivity contribution is 5.45. The maximum atomic E-state index is 3.13. The number of hydrogen-bond donors (Lipinski definition) is 1. The third-order valence-corrected chi connectivity index (χ3v) is 3.12. The van der Waals surface area contributed by atoms with E-state index < -0.39 is 0 Å². The molecule has 0 bridgehead atoms. The SMILES string of the molecule is CNc1ccc(C2CC2(C)C)cc1. The quantitative estimate of drug-likeness (QED) is 0.727. The van der Waals surface area contributed by atoms with E-state index in [9.17, 15) is 0 Å². The van der Waals surface area contributed by atoms with Crippen LogP contribution in [0.25, 0.3) is 0 Å². The van der Waals surface area contributed by atoms with Crippen LogP contribution in [0.5, 0.6) is 0 Å². The van der Waals surface area contributed by atoms with E-state index in [1.807, 2.05) is 7.05 Å². The van der Waals surface area contributed by atoms with Gasteiger partial charge >= 0.3 is 0 Å². The van der Waals surface area contributed by atoms with E-state index in [0.717, 1.165) is 5.92 Å². The van der Waals surface area contributed by atoms with Gasteiger partial charge in [0.05, 0.1) is 0 Å². The summed E-state index contributed by atoms with van der Waals surface area (Å²) in [6.45, 7) is 4.67. The van der Waals surface area contributed by atoms with Gasteiger partial charge in [-0.2, -0.15) is 0 Å². The largest absolute Gasteiger partial charge is 0.388 e. The Hall–Kier alpha value is -0.980. The normalized spacial score (nSPS) is 24.1. The van der Waals surface area contributed by atoms with Gasteiger partial charge in [0.1, 0.15) is 0 Å². The number of anilines is 1. The van der Waals surface area contributed by atoms with Gasteiger partial charge in [-0.05, 0) is 35.4 Å². The summed E-state index contributed by atoms with van der Waals surface area (Å²) >= 11 is 0. The lowest BCUT2D eigenvalue weighted by atomic mass is 10.0. The van der Waals surface area contributed by atoms with E-state index in [0.29, 0.717) is 5.41 Å². The van der Waals surface area contributed by atoms with E-state index >= 15 is 0 Å². The van der Waals surface area contributed by atoms with Gasteiger partial charge in [0.2, 0.25) is 0 Å². The first kappa shape index (κ1) is 8.61. The van der Waals surface area contributed by atoms with Crippen molar-refractivity contribution in [3.63, 3.8) is 0 Å². The zero-order valence-electron chi connectivity index (χ0n) is 8.59. The molecule has 2 rings (SSSR count).